The van der Waals surface area contributed by atoms with Gasteiger partial charge in [0.05, 0.1) is 16.5 Å². The molecule has 2 heterocycles. The zero-order chi connectivity index (χ0) is 22.1. The Morgan fingerprint density at radius 2 is 1.77 bits per heavy atom. The van der Waals surface area contributed by atoms with Crippen LogP contribution in [0.1, 0.15) is 44.1 Å². The van der Waals surface area contributed by atoms with E-state index in [4.69, 9.17) is 0 Å². The van der Waals surface area contributed by atoms with E-state index >= 15 is 0 Å². The first kappa shape index (κ1) is 20.4. The number of carbonyl (C=O) groups excluding carboxylic acids is 3. The van der Waals surface area contributed by atoms with Crippen molar-refractivity contribution in [3.63, 3.8) is 0 Å². The average molecular weight is 435 g/mol. The predicted octanol–water partition coefficient (Wildman–Crippen LogP) is 3.55. The van der Waals surface area contributed by atoms with Crippen LogP contribution >= 0.6 is 11.3 Å². The van der Waals surface area contributed by atoms with Gasteiger partial charge in [0.25, 0.3) is 17.5 Å². The molecule has 2 aromatic carbocycles. The first-order valence-corrected chi connectivity index (χ1v) is 10.3. The number of hydrogen-bond acceptors (Lipinski definition) is 6. The number of nitrogens with one attached hydrogen (secondary N) is 1. The minimum absolute atomic E-state index is 0.0725. The number of nitro groups is 1. The molecule has 0 saturated heterocycles. The molecule has 2 atom stereocenters. The van der Waals surface area contributed by atoms with Crippen molar-refractivity contribution in [2.75, 3.05) is 0 Å². The predicted molar refractivity (Wildman–Crippen MR) is 114 cm³/mol. The summed E-state index contributed by atoms with van der Waals surface area (Å²) in [7, 11) is 0. The van der Waals surface area contributed by atoms with Crippen molar-refractivity contribution in [3.05, 3.63) is 97.7 Å². The second kappa shape index (κ2) is 8.11. The van der Waals surface area contributed by atoms with Crippen molar-refractivity contribution < 1.29 is 19.3 Å². The number of carbonyl (C=O) groups is 3. The van der Waals surface area contributed by atoms with Crippen LogP contribution in [0.15, 0.2) is 66.0 Å². The van der Waals surface area contributed by atoms with E-state index in [-0.39, 0.29) is 11.1 Å². The highest BCUT2D eigenvalue weighted by atomic mass is 32.1. The molecular weight excluding hydrogens is 418 g/mol. The third-order valence-electron chi connectivity index (χ3n) is 5.13. The van der Waals surface area contributed by atoms with Crippen molar-refractivity contribution in [2.45, 2.75) is 19.0 Å². The minimum atomic E-state index is -1.15. The third kappa shape index (κ3) is 3.59. The highest BCUT2D eigenvalue weighted by Crippen LogP contribution is 2.32. The molecule has 4 rings (SSSR count). The zero-order valence-corrected chi connectivity index (χ0v) is 17.2. The molecule has 0 spiro atoms. The van der Waals surface area contributed by atoms with Gasteiger partial charge in [-0.25, -0.2) is 0 Å². The van der Waals surface area contributed by atoms with E-state index in [1.54, 1.807) is 0 Å². The molecule has 0 bridgehead atoms. The lowest BCUT2D eigenvalue weighted by molar-refractivity contribution is -0.385. The number of fused-ring (bicyclic) bond motifs is 1. The number of nitro benzene ring substituents is 1. The maximum Gasteiger partial charge on any atom is 0.282 e. The van der Waals surface area contributed by atoms with Gasteiger partial charge in [-0.2, -0.15) is 0 Å². The van der Waals surface area contributed by atoms with Crippen LogP contribution in [0, 0.1) is 10.1 Å². The average Bonchev–Trinajstić information content (AvgIpc) is 3.39. The number of thiophene rings is 1. The maximum absolute atomic E-state index is 13.1. The second-order valence-electron chi connectivity index (χ2n) is 6.98. The van der Waals surface area contributed by atoms with E-state index in [0.29, 0.717) is 0 Å². The van der Waals surface area contributed by atoms with Crippen LogP contribution in [0.3, 0.4) is 0 Å². The molecule has 0 radical (unpaired) electrons. The lowest BCUT2D eigenvalue weighted by Crippen LogP contribution is -2.48. The van der Waals surface area contributed by atoms with E-state index < -0.39 is 40.4 Å². The zero-order valence-electron chi connectivity index (χ0n) is 16.3. The van der Waals surface area contributed by atoms with Crippen molar-refractivity contribution >= 4 is 34.7 Å². The van der Waals surface area contributed by atoms with Crippen LogP contribution in [-0.4, -0.2) is 33.6 Å². The van der Waals surface area contributed by atoms with Crippen LogP contribution in [0.4, 0.5) is 5.69 Å². The van der Waals surface area contributed by atoms with Crippen LogP contribution in [-0.2, 0) is 4.79 Å². The Kier molecular flexibility index (Phi) is 5.35. The Morgan fingerprint density at radius 1 is 1.03 bits per heavy atom. The smallest absolute Gasteiger partial charge is 0.282 e. The summed E-state index contributed by atoms with van der Waals surface area (Å²) in [5, 5.41) is 16.1. The van der Waals surface area contributed by atoms with Crippen LogP contribution in [0.2, 0.25) is 0 Å². The molecule has 3 amide bonds. The van der Waals surface area contributed by atoms with Crippen molar-refractivity contribution in [3.8, 4) is 0 Å². The lowest BCUT2D eigenvalue weighted by atomic mass is 10.0. The molecule has 31 heavy (non-hydrogen) atoms. The quantitative estimate of drug-likeness (QED) is 0.362. The summed E-state index contributed by atoms with van der Waals surface area (Å²) < 4.78 is 0. The Bertz CT molecular complexity index is 1180. The molecule has 156 valence electrons. The molecule has 0 unspecified atom stereocenters. The van der Waals surface area contributed by atoms with Crippen molar-refractivity contribution in [2.24, 2.45) is 0 Å². The summed E-state index contributed by atoms with van der Waals surface area (Å²) in [6, 6.07) is 15.3. The van der Waals surface area contributed by atoms with E-state index in [1.807, 2.05) is 47.8 Å². The monoisotopic (exact) mass is 435 g/mol. The highest BCUT2D eigenvalue weighted by Gasteiger charge is 2.45. The third-order valence-corrected chi connectivity index (χ3v) is 6.07. The minimum Gasteiger partial charge on any atom is -0.343 e. The van der Waals surface area contributed by atoms with Gasteiger partial charge >= 0.3 is 0 Å². The maximum atomic E-state index is 13.1. The first-order chi connectivity index (χ1) is 14.9. The standard InChI is InChI=1S/C22H17N3O5S/c1-13(24-21(27)15-9-5-10-16(25(29)30)18(15)22(24)28)20(26)23-19(17-11-6-12-31-17)14-7-3-2-4-8-14/h2-13,19H,1H3,(H,23,26)/t13-,19+/m0/s1. The molecule has 0 saturated carbocycles. The van der Waals surface area contributed by atoms with Gasteiger partial charge in [0.2, 0.25) is 5.91 Å². The summed E-state index contributed by atoms with van der Waals surface area (Å²) in [6.07, 6.45) is 0. The molecule has 3 aromatic rings. The van der Waals surface area contributed by atoms with Gasteiger partial charge in [0.1, 0.15) is 11.6 Å². The normalized spacial score (nSPS) is 14.8. The fraction of sp³-hybridized carbons (Fsp3) is 0.136. The number of hydrogen-bond donors (Lipinski definition) is 1. The number of rotatable bonds is 6. The summed E-state index contributed by atoms with van der Waals surface area (Å²) in [6.45, 7) is 1.43. The Balaban J connectivity index is 1.62. The molecule has 1 aromatic heterocycles. The summed E-state index contributed by atoms with van der Waals surface area (Å²) in [4.78, 5) is 51.1. The Labute approximate surface area is 181 Å². The molecular formula is C22H17N3O5S. The number of benzene rings is 2. The summed E-state index contributed by atoms with van der Waals surface area (Å²) in [5.74, 6) is -2.11. The van der Waals surface area contributed by atoms with Crippen LogP contribution in [0.5, 0.6) is 0 Å². The molecule has 0 fully saturated rings. The summed E-state index contributed by atoms with van der Waals surface area (Å²) in [5.41, 5.74) is 0.0435. The number of nitrogens with zero attached hydrogens (tertiary/aromatic N) is 2. The largest absolute Gasteiger partial charge is 0.343 e. The van der Waals surface area contributed by atoms with Gasteiger partial charge in [-0.3, -0.25) is 29.4 Å². The SMILES string of the molecule is C[C@@H](C(=O)N[C@H](c1ccccc1)c1cccs1)N1C(=O)c2cccc([N+](=O)[O-])c2C1=O. The van der Waals surface area contributed by atoms with Crippen LogP contribution in [0.25, 0.3) is 0 Å². The number of amides is 3. The van der Waals surface area contributed by atoms with Gasteiger partial charge in [0.15, 0.2) is 0 Å². The Hall–Kier alpha value is -3.85. The molecule has 8 nitrogen and oxygen atoms in total. The van der Waals surface area contributed by atoms with Gasteiger partial charge in [-0.1, -0.05) is 42.5 Å². The molecule has 1 N–H and O–H groups in total. The van der Waals surface area contributed by atoms with E-state index in [2.05, 4.69) is 5.32 Å². The van der Waals surface area contributed by atoms with Crippen molar-refractivity contribution in [1.29, 1.82) is 0 Å². The topological polar surface area (TPSA) is 110 Å². The van der Waals surface area contributed by atoms with E-state index in [9.17, 15) is 24.5 Å². The second-order valence-corrected chi connectivity index (χ2v) is 7.96. The van der Waals surface area contributed by atoms with E-state index in [1.165, 1.54) is 36.5 Å². The fourth-order valence-corrected chi connectivity index (χ4v) is 4.39. The molecule has 9 heteroatoms. The number of imide groups is 1. The van der Waals surface area contributed by atoms with E-state index in [0.717, 1.165) is 15.3 Å². The molecule has 1 aliphatic heterocycles. The van der Waals surface area contributed by atoms with Gasteiger partial charge < -0.3 is 5.32 Å². The highest BCUT2D eigenvalue weighted by molar-refractivity contribution is 7.10. The van der Waals surface area contributed by atoms with Gasteiger partial charge in [-0.15, -0.1) is 11.3 Å². The van der Waals surface area contributed by atoms with Gasteiger partial charge in [0, 0.05) is 10.9 Å². The van der Waals surface area contributed by atoms with Crippen LogP contribution < -0.4 is 5.32 Å². The fourth-order valence-electron chi connectivity index (χ4n) is 3.59. The van der Waals surface area contributed by atoms with Crippen molar-refractivity contribution in [1.82, 2.24) is 10.2 Å². The summed E-state index contributed by atoms with van der Waals surface area (Å²) >= 11 is 1.47. The molecule has 0 aliphatic carbocycles. The first-order valence-electron chi connectivity index (χ1n) is 9.44. The molecule has 1 aliphatic rings. The van der Waals surface area contributed by atoms with Gasteiger partial charge in [-0.05, 0) is 30.0 Å². The lowest BCUT2D eigenvalue weighted by Gasteiger charge is -2.25. The Morgan fingerprint density at radius 3 is 2.42 bits per heavy atom.